The molecule has 18 heavy (non-hydrogen) atoms. The maximum Gasteiger partial charge on any atom is 0.121 e. The van der Waals surface area contributed by atoms with Crippen LogP contribution in [0.15, 0.2) is 36.4 Å². The molecule has 0 aliphatic carbocycles. The molecule has 0 saturated heterocycles. The summed E-state index contributed by atoms with van der Waals surface area (Å²) < 4.78 is 0. The van der Waals surface area contributed by atoms with Gasteiger partial charge in [0.1, 0.15) is 6.23 Å². The standard InChI is InChI=1S/C14H13ClN2O/c1-8(18)16-10-3-4-11-12-6-9(15)2-5-13(12)17-14(11)7-10/h2-8,16-18H,1H3. The summed E-state index contributed by atoms with van der Waals surface area (Å²) in [5.74, 6) is 0. The maximum atomic E-state index is 9.32. The summed E-state index contributed by atoms with van der Waals surface area (Å²) in [5.41, 5.74) is 2.97. The number of hydrogen-bond donors (Lipinski definition) is 3. The van der Waals surface area contributed by atoms with Crippen molar-refractivity contribution in [2.75, 3.05) is 5.32 Å². The highest BCUT2D eigenvalue weighted by atomic mass is 35.5. The highest BCUT2D eigenvalue weighted by Gasteiger charge is 2.06. The van der Waals surface area contributed by atoms with Gasteiger partial charge in [-0.3, -0.25) is 0 Å². The number of halogens is 1. The fraction of sp³-hybridized carbons (Fsp3) is 0.143. The Hall–Kier alpha value is -1.71. The van der Waals surface area contributed by atoms with Crippen LogP contribution in [0.4, 0.5) is 5.69 Å². The summed E-state index contributed by atoms with van der Waals surface area (Å²) in [4.78, 5) is 3.34. The Morgan fingerprint density at radius 1 is 1.11 bits per heavy atom. The van der Waals surface area contributed by atoms with Crippen molar-refractivity contribution in [2.45, 2.75) is 13.2 Å². The van der Waals surface area contributed by atoms with E-state index in [4.69, 9.17) is 11.6 Å². The SMILES string of the molecule is CC(O)Nc1ccc2c(c1)[nH]c1ccc(Cl)cc12. The van der Waals surface area contributed by atoms with Gasteiger partial charge in [-0.05, 0) is 37.3 Å². The largest absolute Gasteiger partial charge is 0.374 e. The summed E-state index contributed by atoms with van der Waals surface area (Å²) >= 11 is 6.02. The van der Waals surface area contributed by atoms with Crippen molar-refractivity contribution in [3.8, 4) is 0 Å². The van der Waals surface area contributed by atoms with Crippen molar-refractivity contribution in [1.82, 2.24) is 4.98 Å². The molecule has 2 aromatic carbocycles. The Balaban J connectivity index is 2.20. The van der Waals surface area contributed by atoms with Crippen LogP contribution in [0.25, 0.3) is 21.8 Å². The highest BCUT2D eigenvalue weighted by molar-refractivity contribution is 6.31. The number of anilines is 1. The third-order valence-electron chi connectivity index (χ3n) is 2.94. The van der Waals surface area contributed by atoms with E-state index in [0.717, 1.165) is 32.5 Å². The van der Waals surface area contributed by atoms with E-state index >= 15 is 0 Å². The van der Waals surface area contributed by atoms with Crippen LogP contribution in [-0.2, 0) is 0 Å². The molecule has 0 fully saturated rings. The minimum absolute atomic E-state index is 0.568. The Kier molecular flexibility index (Phi) is 2.65. The molecule has 0 radical (unpaired) electrons. The summed E-state index contributed by atoms with van der Waals surface area (Å²) in [5, 5.41) is 15.2. The van der Waals surface area contributed by atoms with Crippen LogP contribution in [0.5, 0.6) is 0 Å². The van der Waals surface area contributed by atoms with Gasteiger partial charge in [-0.25, -0.2) is 0 Å². The fourth-order valence-electron chi connectivity index (χ4n) is 2.21. The smallest absolute Gasteiger partial charge is 0.121 e. The predicted molar refractivity (Wildman–Crippen MR) is 76.1 cm³/mol. The number of aliphatic hydroxyl groups excluding tert-OH is 1. The third kappa shape index (κ3) is 1.92. The molecule has 0 aliphatic heterocycles. The lowest BCUT2D eigenvalue weighted by Crippen LogP contribution is -2.12. The highest BCUT2D eigenvalue weighted by Crippen LogP contribution is 2.29. The summed E-state index contributed by atoms with van der Waals surface area (Å²) in [7, 11) is 0. The lowest BCUT2D eigenvalue weighted by molar-refractivity contribution is 0.224. The van der Waals surface area contributed by atoms with E-state index in [1.807, 2.05) is 36.4 Å². The molecule has 0 bridgehead atoms. The molecule has 0 saturated carbocycles. The molecule has 4 heteroatoms. The van der Waals surface area contributed by atoms with Crippen molar-refractivity contribution in [3.05, 3.63) is 41.4 Å². The molecule has 3 rings (SSSR count). The number of hydrogen-bond acceptors (Lipinski definition) is 2. The van der Waals surface area contributed by atoms with Gasteiger partial charge in [0, 0.05) is 32.5 Å². The minimum atomic E-state index is -0.568. The van der Waals surface area contributed by atoms with Crippen LogP contribution in [-0.4, -0.2) is 16.3 Å². The fourth-order valence-corrected chi connectivity index (χ4v) is 2.38. The lowest BCUT2D eigenvalue weighted by Gasteiger charge is -2.08. The maximum absolute atomic E-state index is 9.32. The topological polar surface area (TPSA) is 48.0 Å². The number of H-pyrrole nitrogens is 1. The summed E-state index contributed by atoms with van der Waals surface area (Å²) in [6.07, 6.45) is -0.568. The quantitative estimate of drug-likeness (QED) is 0.615. The third-order valence-corrected chi connectivity index (χ3v) is 3.17. The zero-order valence-electron chi connectivity index (χ0n) is 9.87. The monoisotopic (exact) mass is 260 g/mol. The first-order valence-electron chi connectivity index (χ1n) is 5.79. The van der Waals surface area contributed by atoms with E-state index in [-0.39, 0.29) is 0 Å². The number of aliphatic hydroxyl groups is 1. The second-order valence-corrected chi connectivity index (χ2v) is 4.83. The first kappa shape index (κ1) is 11.4. The lowest BCUT2D eigenvalue weighted by atomic mass is 10.1. The van der Waals surface area contributed by atoms with Crippen LogP contribution in [0.1, 0.15) is 6.92 Å². The van der Waals surface area contributed by atoms with Crippen molar-refractivity contribution in [1.29, 1.82) is 0 Å². The van der Waals surface area contributed by atoms with Crippen molar-refractivity contribution in [3.63, 3.8) is 0 Å². The molecule has 92 valence electrons. The Labute approximate surface area is 109 Å². The first-order chi connectivity index (χ1) is 8.63. The van der Waals surface area contributed by atoms with Crippen LogP contribution in [0.3, 0.4) is 0 Å². The Morgan fingerprint density at radius 3 is 2.72 bits per heavy atom. The van der Waals surface area contributed by atoms with E-state index in [0.29, 0.717) is 0 Å². The molecule has 1 aromatic heterocycles. The average molecular weight is 261 g/mol. The minimum Gasteiger partial charge on any atom is -0.374 e. The van der Waals surface area contributed by atoms with E-state index in [1.54, 1.807) is 6.92 Å². The average Bonchev–Trinajstić information content (AvgIpc) is 2.65. The molecule has 3 aromatic rings. The van der Waals surface area contributed by atoms with E-state index < -0.39 is 6.23 Å². The van der Waals surface area contributed by atoms with Gasteiger partial charge in [0.15, 0.2) is 0 Å². The van der Waals surface area contributed by atoms with Crippen LogP contribution in [0, 0.1) is 0 Å². The Bertz CT molecular complexity index is 718. The molecular formula is C14H13ClN2O. The molecule has 0 spiro atoms. The van der Waals surface area contributed by atoms with Gasteiger partial charge >= 0.3 is 0 Å². The van der Waals surface area contributed by atoms with Gasteiger partial charge < -0.3 is 15.4 Å². The van der Waals surface area contributed by atoms with Gasteiger partial charge in [0.25, 0.3) is 0 Å². The molecule has 1 atom stereocenters. The van der Waals surface area contributed by atoms with Gasteiger partial charge in [0.05, 0.1) is 0 Å². The van der Waals surface area contributed by atoms with Gasteiger partial charge in [-0.2, -0.15) is 0 Å². The predicted octanol–water partition coefficient (Wildman–Crippen LogP) is 3.72. The Morgan fingerprint density at radius 2 is 1.94 bits per heavy atom. The van der Waals surface area contributed by atoms with Crippen LogP contribution < -0.4 is 5.32 Å². The zero-order valence-corrected chi connectivity index (χ0v) is 10.6. The molecular weight excluding hydrogens is 248 g/mol. The molecule has 1 heterocycles. The molecule has 0 amide bonds. The first-order valence-corrected chi connectivity index (χ1v) is 6.17. The number of rotatable bonds is 2. The molecule has 3 N–H and O–H groups in total. The van der Waals surface area contributed by atoms with Crippen molar-refractivity contribution < 1.29 is 5.11 Å². The number of fused-ring (bicyclic) bond motifs is 3. The number of benzene rings is 2. The number of nitrogens with one attached hydrogen (secondary N) is 2. The normalized spacial score (nSPS) is 13.1. The number of aromatic amines is 1. The molecule has 0 aliphatic rings. The number of aromatic nitrogens is 1. The van der Waals surface area contributed by atoms with Gasteiger partial charge in [-0.1, -0.05) is 17.7 Å². The van der Waals surface area contributed by atoms with Crippen LogP contribution in [0.2, 0.25) is 5.02 Å². The second kappa shape index (κ2) is 4.19. The van der Waals surface area contributed by atoms with Crippen LogP contribution >= 0.6 is 11.6 Å². The zero-order chi connectivity index (χ0) is 12.7. The van der Waals surface area contributed by atoms with E-state index in [9.17, 15) is 5.11 Å². The van der Waals surface area contributed by atoms with Gasteiger partial charge in [0.2, 0.25) is 0 Å². The molecule has 1 unspecified atom stereocenters. The van der Waals surface area contributed by atoms with Crippen molar-refractivity contribution >= 4 is 39.1 Å². The van der Waals surface area contributed by atoms with E-state index in [2.05, 4.69) is 10.3 Å². The summed E-state index contributed by atoms with van der Waals surface area (Å²) in [6.45, 7) is 1.69. The second-order valence-electron chi connectivity index (χ2n) is 4.40. The molecule has 3 nitrogen and oxygen atoms in total. The van der Waals surface area contributed by atoms with Gasteiger partial charge in [-0.15, -0.1) is 0 Å². The van der Waals surface area contributed by atoms with Crippen molar-refractivity contribution in [2.24, 2.45) is 0 Å². The van der Waals surface area contributed by atoms with E-state index in [1.165, 1.54) is 0 Å². The summed E-state index contributed by atoms with van der Waals surface area (Å²) in [6, 6.07) is 11.7.